The number of hydrogen-bond acceptors (Lipinski definition) is 4. The number of hydrogen-bond donors (Lipinski definition) is 1. The molecule has 166 valence electrons. The Bertz CT molecular complexity index is 1360. The zero-order valence-corrected chi connectivity index (χ0v) is 18.0. The van der Waals surface area contributed by atoms with Crippen molar-refractivity contribution in [1.29, 1.82) is 0 Å². The van der Waals surface area contributed by atoms with Crippen molar-refractivity contribution in [3.63, 3.8) is 0 Å². The van der Waals surface area contributed by atoms with E-state index in [-0.39, 0.29) is 30.7 Å². The second kappa shape index (κ2) is 8.46. The van der Waals surface area contributed by atoms with Crippen molar-refractivity contribution in [3.05, 3.63) is 95.2 Å². The van der Waals surface area contributed by atoms with Gasteiger partial charge >= 0.3 is 0 Å². The van der Waals surface area contributed by atoms with Crippen LogP contribution in [0.5, 0.6) is 0 Å². The minimum atomic E-state index is -0.654. The van der Waals surface area contributed by atoms with Crippen LogP contribution in [-0.2, 0) is 24.9 Å². The van der Waals surface area contributed by atoms with E-state index in [1.54, 1.807) is 59.2 Å². The summed E-state index contributed by atoms with van der Waals surface area (Å²) >= 11 is 0. The maximum absolute atomic E-state index is 14.0. The molecule has 1 N–H and O–H groups in total. The van der Waals surface area contributed by atoms with Crippen molar-refractivity contribution in [2.75, 3.05) is 6.54 Å². The van der Waals surface area contributed by atoms with E-state index in [2.05, 4.69) is 15.4 Å². The standard InChI is InChI=1S/C25H22FN5O2/c1-30-13-17-14-31(25(33)19-7-4-10-22-18(19)8-5-11-27-22)15-20(23(17)29-30)24(32)28-12-16-6-2-3-9-21(16)26/h2-11,13,20H,12,14-15H2,1H3,(H,28,32)/t20-/m0/s1. The van der Waals surface area contributed by atoms with Crippen LogP contribution >= 0.6 is 0 Å². The van der Waals surface area contributed by atoms with Gasteiger partial charge in [-0.1, -0.05) is 30.3 Å². The highest BCUT2D eigenvalue weighted by Gasteiger charge is 2.35. The van der Waals surface area contributed by atoms with E-state index in [9.17, 15) is 14.0 Å². The quantitative estimate of drug-likeness (QED) is 0.526. The fraction of sp³-hybridized carbons (Fsp3) is 0.200. The summed E-state index contributed by atoms with van der Waals surface area (Å²) in [5.74, 6) is -1.49. The van der Waals surface area contributed by atoms with E-state index in [4.69, 9.17) is 0 Å². The van der Waals surface area contributed by atoms with Gasteiger partial charge in [0, 0.05) is 61.2 Å². The lowest BCUT2D eigenvalue weighted by Gasteiger charge is -2.31. The minimum absolute atomic E-state index is 0.0626. The molecule has 1 aliphatic rings. The summed E-state index contributed by atoms with van der Waals surface area (Å²) in [5, 5.41) is 8.06. The van der Waals surface area contributed by atoms with Crippen molar-refractivity contribution < 1.29 is 14.0 Å². The van der Waals surface area contributed by atoms with E-state index in [1.807, 2.05) is 18.3 Å². The van der Waals surface area contributed by atoms with E-state index >= 15 is 0 Å². The summed E-state index contributed by atoms with van der Waals surface area (Å²) in [6.07, 6.45) is 3.52. The second-order valence-corrected chi connectivity index (χ2v) is 8.14. The number of carbonyl (C=O) groups excluding carboxylic acids is 2. The Kier molecular flexibility index (Phi) is 5.34. The van der Waals surface area contributed by atoms with Gasteiger partial charge in [0.05, 0.1) is 17.1 Å². The molecule has 0 fully saturated rings. The maximum Gasteiger partial charge on any atom is 0.254 e. The third-order valence-electron chi connectivity index (χ3n) is 5.92. The van der Waals surface area contributed by atoms with Crippen LogP contribution in [0, 0.1) is 5.82 Å². The van der Waals surface area contributed by atoms with Gasteiger partial charge in [-0.05, 0) is 24.3 Å². The van der Waals surface area contributed by atoms with Crippen molar-refractivity contribution >= 4 is 22.7 Å². The van der Waals surface area contributed by atoms with Crippen molar-refractivity contribution in [2.45, 2.75) is 19.0 Å². The summed E-state index contributed by atoms with van der Waals surface area (Å²) in [6, 6.07) is 15.4. The van der Waals surface area contributed by atoms with Crippen LogP contribution in [0.15, 0.2) is 67.0 Å². The number of nitrogens with one attached hydrogen (secondary N) is 1. The fourth-order valence-corrected chi connectivity index (χ4v) is 4.32. The number of amides is 2. The molecule has 0 saturated heterocycles. The highest BCUT2D eigenvalue weighted by atomic mass is 19.1. The Balaban J connectivity index is 1.42. The smallest absolute Gasteiger partial charge is 0.254 e. The van der Waals surface area contributed by atoms with Gasteiger partial charge in [-0.15, -0.1) is 0 Å². The average molecular weight is 443 g/mol. The molecule has 4 aromatic rings. The molecule has 0 bridgehead atoms. The maximum atomic E-state index is 14.0. The number of benzene rings is 2. The molecule has 2 aromatic carbocycles. The van der Waals surface area contributed by atoms with Crippen LogP contribution < -0.4 is 5.32 Å². The van der Waals surface area contributed by atoms with Crippen molar-refractivity contribution in [3.8, 4) is 0 Å². The predicted molar refractivity (Wildman–Crippen MR) is 121 cm³/mol. The molecule has 33 heavy (non-hydrogen) atoms. The SMILES string of the molecule is Cn1cc2c(n1)[C@@H](C(=O)NCc1ccccc1F)CN(C(=O)c1cccc3ncccc13)C2. The van der Waals surface area contributed by atoms with Crippen LogP contribution in [0.3, 0.4) is 0 Å². The lowest BCUT2D eigenvalue weighted by atomic mass is 9.94. The number of rotatable bonds is 4. The number of pyridine rings is 1. The van der Waals surface area contributed by atoms with Crippen LogP contribution in [-0.4, -0.2) is 38.0 Å². The molecule has 7 nitrogen and oxygen atoms in total. The van der Waals surface area contributed by atoms with Gasteiger partial charge in [0.2, 0.25) is 5.91 Å². The molecule has 1 aliphatic heterocycles. The number of nitrogens with zero attached hydrogens (tertiary/aromatic N) is 4. The largest absolute Gasteiger partial charge is 0.351 e. The predicted octanol–water partition coefficient (Wildman–Crippen LogP) is 3.16. The Morgan fingerprint density at radius 2 is 1.97 bits per heavy atom. The zero-order chi connectivity index (χ0) is 22.9. The molecular weight excluding hydrogens is 421 g/mol. The molecule has 0 spiro atoms. The van der Waals surface area contributed by atoms with Crippen LogP contribution in [0.2, 0.25) is 0 Å². The summed E-state index contributed by atoms with van der Waals surface area (Å²) in [7, 11) is 1.79. The van der Waals surface area contributed by atoms with Crippen LogP contribution in [0.1, 0.15) is 33.1 Å². The van der Waals surface area contributed by atoms with Crippen LogP contribution in [0.25, 0.3) is 10.9 Å². The first-order valence-corrected chi connectivity index (χ1v) is 10.7. The highest BCUT2D eigenvalue weighted by molar-refractivity contribution is 6.06. The summed E-state index contributed by atoms with van der Waals surface area (Å²) < 4.78 is 15.6. The molecule has 0 unspecified atom stereocenters. The second-order valence-electron chi connectivity index (χ2n) is 8.14. The Morgan fingerprint density at radius 1 is 1.12 bits per heavy atom. The lowest BCUT2D eigenvalue weighted by molar-refractivity contribution is -0.123. The number of halogens is 1. The number of aromatic nitrogens is 3. The van der Waals surface area contributed by atoms with E-state index < -0.39 is 5.92 Å². The van der Waals surface area contributed by atoms with Gasteiger partial charge < -0.3 is 10.2 Å². The fourth-order valence-electron chi connectivity index (χ4n) is 4.32. The number of fused-ring (bicyclic) bond motifs is 2. The van der Waals surface area contributed by atoms with Crippen molar-refractivity contribution in [1.82, 2.24) is 25.0 Å². The molecule has 1 atom stereocenters. The highest BCUT2D eigenvalue weighted by Crippen LogP contribution is 2.29. The summed E-state index contributed by atoms with van der Waals surface area (Å²) in [4.78, 5) is 32.7. The minimum Gasteiger partial charge on any atom is -0.351 e. The first-order chi connectivity index (χ1) is 16.0. The molecule has 5 rings (SSSR count). The van der Waals surface area contributed by atoms with E-state index in [1.165, 1.54) is 6.07 Å². The third-order valence-corrected chi connectivity index (χ3v) is 5.92. The number of aryl methyl sites for hydroxylation is 1. The average Bonchev–Trinajstić information content (AvgIpc) is 3.22. The van der Waals surface area contributed by atoms with Crippen LogP contribution in [0.4, 0.5) is 4.39 Å². The Morgan fingerprint density at radius 3 is 2.82 bits per heavy atom. The zero-order valence-electron chi connectivity index (χ0n) is 18.0. The molecule has 0 aliphatic carbocycles. The van der Waals surface area contributed by atoms with Gasteiger partial charge in [-0.3, -0.25) is 19.3 Å². The Hall–Kier alpha value is -4.07. The normalized spacial score (nSPS) is 15.3. The first-order valence-electron chi connectivity index (χ1n) is 10.7. The topological polar surface area (TPSA) is 80.1 Å². The molecular formula is C25H22FN5O2. The lowest BCUT2D eigenvalue weighted by Crippen LogP contribution is -2.43. The van der Waals surface area contributed by atoms with Crippen molar-refractivity contribution in [2.24, 2.45) is 7.05 Å². The van der Waals surface area contributed by atoms with E-state index in [0.717, 1.165) is 16.5 Å². The monoisotopic (exact) mass is 443 g/mol. The third kappa shape index (κ3) is 3.95. The Labute approximate surface area is 189 Å². The van der Waals surface area contributed by atoms with E-state index in [0.29, 0.717) is 23.4 Å². The van der Waals surface area contributed by atoms with Gasteiger partial charge in [0.25, 0.3) is 5.91 Å². The van der Waals surface area contributed by atoms with Gasteiger partial charge in [-0.25, -0.2) is 4.39 Å². The summed E-state index contributed by atoms with van der Waals surface area (Å²) in [6.45, 7) is 0.603. The molecule has 0 radical (unpaired) electrons. The van der Waals surface area contributed by atoms with Gasteiger partial charge in [-0.2, -0.15) is 5.10 Å². The summed E-state index contributed by atoms with van der Waals surface area (Å²) in [5.41, 5.74) is 3.15. The van der Waals surface area contributed by atoms with Gasteiger partial charge in [0.15, 0.2) is 0 Å². The molecule has 0 saturated carbocycles. The van der Waals surface area contributed by atoms with Gasteiger partial charge in [0.1, 0.15) is 5.82 Å². The molecule has 2 amide bonds. The number of carbonyl (C=O) groups is 2. The first kappa shape index (κ1) is 20.8. The molecule has 8 heteroatoms. The molecule has 3 heterocycles. The molecule has 2 aromatic heterocycles.